The SMILES string of the molecule is CCCCn1[nH]c2cc(Br)ccc2c1=O. The molecule has 0 unspecified atom stereocenters. The average Bonchev–Trinajstić information content (AvgIpc) is 2.52. The Morgan fingerprint density at radius 1 is 1.47 bits per heavy atom. The van der Waals surface area contributed by atoms with Gasteiger partial charge in [-0.3, -0.25) is 14.6 Å². The number of halogens is 1. The van der Waals surface area contributed by atoms with Gasteiger partial charge in [0.1, 0.15) is 0 Å². The Morgan fingerprint density at radius 2 is 2.27 bits per heavy atom. The molecule has 0 saturated carbocycles. The maximum Gasteiger partial charge on any atom is 0.274 e. The first kappa shape index (κ1) is 10.5. The van der Waals surface area contributed by atoms with Gasteiger partial charge in [-0.1, -0.05) is 29.3 Å². The maximum absolute atomic E-state index is 11.9. The van der Waals surface area contributed by atoms with Crippen LogP contribution in [0.3, 0.4) is 0 Å². The van der Waals surface area contributed by atoms with Crippen LogP contribution in [0, 0.1) is 0 Å². The Labute approximate surface area is 96.2 Å². The van der Waals surface area contributed by atoms with Gasteiger partial charge in [-0.2, -0.15) is 0 Å². The lowest BCUT2D eigenvalue weighted by Crippen LogP contribution is -2.16. The summed E-state index contributed by atoms with van der Waals surface area (Å²) in [6, 6.07) is 5.67. The van der Waals surface area contributed by atoms with Crippen LogP contribution in [0.1, 0.15) is 19.8 Å². The first-order valence-corrected chi connectivity index (χ1v) is 5.89. The van der Waals surface area contributed by atoms with E-state index in [1.807, 2.05) is 18.2 Å². The number of benzene rings is 1. The van der Waals surface area contributed by atoms with Crippen molar-refractivity contribution in [1.29, 1.82) is 0 Å². The van der Waals surface area contributed by atoms with E-state index in [0.717, 1.165) is 34.8 Å². The van der Waals surface area contributed by atoms with Gasteiger partial charge < -0.3 is 0 Å². The second-order valence-corrected chi connectivity index (χ2v) is 4.53. The van der Waals surface area contributed by atoms with Gasteiger partial charge in [-0.25, -0.2) is 0 Å². The zero-order valence-electron chi connectivity index (χ0n) is 8.59. The van der Waals surface area contributed by atoms with Crippen molar-refractivity contribution in [2.75, 3.05) is 0 Å². The second kappa shape index (κ2) is 4.23. The van der Waals surface area contributed by atoms with Gasteiger partial charge in [0.25, 0.3) is 5.56 Å². The molecule has 1 aromatic heterocycles. The lowest BCUT2D eigenvalue weighted by molar-refractivity contribution is 0.562. The average molecular weight is 269 g/mol. The van der Waals surface area contributed by atoms with Crippen molar-refractivity contribution in [1.82, 2.24) is 9.78 Å². The van der Waals surface area contributed by atoms with Crippen LogP contribution in [0.25, 0.3) is 10.9 Å². The van der Waals surface area contributed by atoms with E-state index >= 15 is 0 Å². The van der Waals surface area contributed by atoms with E-state index in [0.29, 0.717) is 0 Å². The fourth-order valence-corrected chi connectivity index (χ4v) is 1.97. The summed E-state index contributed by atoms with van der Waals surface area (Å²) >= 11 is 3.39. The fourth-order valence-electron chi connectivity index (χ4n) is 1.61. The van der Waals surface area contributed by atoms with Crippen molar-refractivity contribution in [3.63, 3.8) is 0 Å². The number of rotatable bonds is 3. The predicted octanol–water partition coefficient (Wildman–Crippen LogP) is 2.89. The number of nitrogens with zero attached hydrogens (tertiary/aromatic N) is 1. The topological polar surface area (TPSA) is 37.8 Å². The number of hydrogen-bond acceptors (Lipinski definition) is 1. The van der Waals surface area contributed by atoms with Crippen LogP contribution in [0.5, 0.6) is 0 Å². The van der Waals surface area contributed by atoms with Crippen LogP contribution in [0.2, 0.25) is 0 Å². The summed E-state index contributed by atoms with van der Waals surface area (Å²) in [4.78, 5) is 11.9. The molecule has 1 N–H and O–H groups in total. The molecule has 1 aromatic carbocycles. The van der Waals surface area contributed by atoms with Crippen LogP contribution in [-0.4, -0.2) is 9.78 Å². The maximum atomic E-state index is 11.9. The van der Waals surface area contributed by atoms with Crippen molar-refractivity contribution < 1.29 is 0 Å². The van der Waals surface area contributed by atoms with E-state index in [2.05, 4.69) is 28.0 Å². The molecule has 2 rings (SSSR count). The molecule has 0 spiro atoms. The van der Waals surface area contributed by atoms with Gasteiger partial charge in [0.2, 0.25) is 0 Å². The summed E-state index contributed by atoms with van der Waals surface area (Å²) in [5.41, 5.74) is 0.969. The van der Waals surface area contributed by atoms with Crippen LogP contribution in [0.4, 0.5) is 0 Å². The largest absolute Gasteiger partial charge is 0.295 e. The summed E-state index contributed by atoms with van der Waals surface area (Å²) in [6.45, 7) is 2.88. The molecule has 80 valence electrons. The molecule has 2 aromatic rings. The highest BCUT2D eigenvalue weighted by molar-refractivity contribution is 9.10. The highest BCUT2D eigenvalue weighted by atomic mass is 79.9. The van der Waals surface area contributed by atoms with E-state index < -0.39 is 0 Å². The monoisotopic (exact) mass is 268 g/mol. The van der Waals surface area contributed by atoms with Gasteiger partial charge in [0.05, 0.1) is 10.9 Å². The van der Waals surface area contributed by atoms with E-state index in [4.69, 9.17) is 0 Å². The third-order valence-electron chi connectivity index (χ3n) is 2.45. The Morgan fingerprint density at radius 3 is 3.00 bits per heavy atom. The Hall–Kier alpha value is -1.03. The highest BCUT2D eigenvalue weighted by Crippen LogP contribution is 2.15. The van der Waals surface area contributed by atoms with E-state index in [1.165, 1.54) is 0 Å². The number of aromatic nitrogens is 2. The minimum absolute atomic E-state index is 0.0750. The van der Waals surface area contributed by atoms with Crippen LogP contribution in [-0.2, 0) is 6.54 Å². The molecule has 3 nitrogen and oxygen atoms in total. The molecule has 0 aliphatic heterocycles. The van der Waals surface area contributed by atoms with Crippen LogP contribution in [0.15, 0.2) is 27.5 Å². The summed E-state index contributed by atoms with van der Waals surface area (Å²) in [7, 11) is 0. The first-order chi connectivity index (χ1) is 7.22. The fraction of sp³-hybridized carbons (Fsp3) is 0.364. The lowest BCUT2D eigenvalue weighted by Gasteiger charge is -1.97. The van der Waals surface area contributed by atoms with Crippen molar-refractivity contribution in [2.24, 2.45) is 0 Å². The molecule has 0 atom stereocenters. The standard InChI is InChI=1S/C11H13BrN2O/c1-2-3-6-14-11(15)9-5-4-8(12)7-10(9)13-14/h4-5,7,13H,2-3,6H2,1H3. The molecule has 0 saturated heterocycles. The van der Waals surface area contributed by atoms with Crippen molar-refractivity contribution in [3.8, 4) is 0 Å². The number of fused-ring (bicyclic) bond motifs is 1. The minimum Gasteiger partial charge on any atom is -0.295 e. The van der Waals surface area contributed by atoms with E-state index in [1.54, 1.807) is 4.68 Å². The smallest absolute Gasteiger partial charge is 0.274 e. The molecule has 0 aliphatic carbocycles. The van der Waals surface area contributed by atoms with E-state index in [-0.39, 0.29) is 5.56 Å². The Balaban J connectivity index is 2.49. The third kappa shape index (κ3) is 2.00. The predicted molar refractivity (Wildman–Crippen MR) is 65.2 cm³/mol. The molecule has 0 amide bonds. The van der Waals surface area contributed by atoms with Gasteiger partial charge in [0.15, 0.2) is 0 Å². The van der Waals surface area contributed by atoms with Gasteiger partial charge in [-0.05, 0) is 24.6 Å². The van der Waals surface area contributed by atoms with Crippen molar-refractivity contribution >= 4 is 26.8 Å². The van der Waals surface area contributed by atoms with Gasteiger partial charge in [-0.15, -0.1) is 0 Å². The summed E-state index contributed by atoms with van der Waals surface area (Å²) in [5, 5.41) is 3.87. The van der Waals surface area contributed by atoms with Crippen molar-refractivity contribution in [2.45, 2.75) is 26.3 Å². The van der Waals surface area contributed by atoms with Gasteiger partial charge in [0, 0.05) is 11.0 Å². The highest BCUT2D eigenvalue weighted by Gasteiger charge is 2.05. The number of unbranched alkanes of at least 4 members (excludes halogenated alkanes) is 1. The summed E-state index contributed by atoms with van der Waals surface area (Å²) < 4.78 is 2.67. The molecular formula is C11H13BrN2O. The molecule has 0 aliphatic rings. The number of H-pyrrole nitrogens is 1. The molecule has 1 heterocycles. The summed E-state index contributed by atoms with van der Waals surface area (Å²) in [5.74, 6) is 0. The number of aromatic amines is 1. The second-order valence-electron chi connectivity index (χ2n) is 3.61. The molecular weight excluding hydrogens is 256 g/mol. The molecule has 0 bridgehead atoms. The molecule has 0 fully saturated rings. The minimum atomic E-state index is 0.0750. The number of aryl methyl sites for hydroxylation is 1. The first-order valence-electron chi connectivity index (χ1n) is 5.10. The van der Waals surface area contributed by atoms with Crippen molar-refractivity contribution in [3.05, 3.63) is 33.0 Å². The quantitative estimate of drug-likeness (QED) is 0.914. The third-order valence-corrected chi connectivity index (χ3v) is 2.94. The Bertz CT molecular complexity index is 527. The normalized spacial score (nSPS) is 11.1. The van der Waals surface area contributed by atoms with Crippen LogP contribution < -0.4 is 5.56 Å². The number of hydrogen-bond donors (Lipinski definition) is 1. The molecule has 15 heavy (non-hydrogen) atoms. The van der Waals surface area contributed by atoms with Gasteiger partial charge >= 0.3 is 0 Å². The van der Waals surface area contributed by atoms with E-state index in [9.17, 15) is 4.79 Å². The number of nitrogens with one attached hydrogen (secondary N) is 1. The molecule has 4 heteroatoms. The van der Waals surface area contributed by atoms with Crippen LogP contribution >= 0.6 is 15.9 Å². The lowest BCUT2D eigenvalue weighted by atomic mass is 10.2. The Kier molecular flexibility index (Phi) is 2.95. The molecule has 0 radical (unpaired) electrons. The zero-order valence-corrected chi connectivity index (χ0v) is 10.2. The zero-order chi connectivity index (χ0) is 10.8. The summed E-state index contributed by atoms with van der Waals surface area (Å²) in [6.07, 6.45) is 2.11.